The molecule has 3 aliphatic rings. The molecular formula is C20H29N3O. The van der Waals surface area contributed by atoms with Gasteiger partial charge in [0.1, 0.15) is 5.82 Å². The Kier molecular flexibility index (Phi) is 4.23. The first-order valence-electron chi connectivity index (χ1n) is 9.68. The molecule has 24 heavy (non-hydrogen) atoms. The van der Waals surface area contributed by atoms with Crippen LogP contribution in [0.5, 0.6) is 0 Å². The number of nitrogens with zero attached hydrogens (tertiary/aromatic N) is 3. The van der Waals surface area contributed by atoms with Crippen LogP contribution in [0.3, 0.4) is 0 Å². The third-order valence-corrected chi connectivity index (χ3v) is 6.34. The Morgan fingerprint density at radius 2 is 1.92 bits per heavy atom. The van der Waals surface area contributed by atoms with Crippen LogP contribution >= 0.6 is 0 Å². The zero-order valence-corrected chi connectivity index (χ0v) is 14.8. The van der Waals surface area contributed by atoms with Gasteiger partial charge in [0.15, 0.2) is 0 Å². The molecule has 0 N–H and O–H groups in total. The molecule has 1 aromatic heterocycles. The van der Waals surface area contributed by atoms with Crippen LogP contribution in [-0.4, -0.2) is 41.5 Å². The van der Waals surface area contributed by atoms with E-state index >= 15 is 0 Å². The average molecular weight is 327 g/mol. The fourth-order valence-electron chi connectivity index (χ4n) is 4.99. The summed E-state index contributed by atoms with van der Waals surface area (Å²) >= 11 is 0. The Balaban J connectivity index is 1.51. The second-order valence-electron chi connectivity index (χ2n) is 7.98. The van der Waals surface area contributed by atoms with E-state index in [0.29, 0.717) is 11.9 Å². The zero-order chi connectivity index (χ0) is 16.6. The number of piperidine rings is 1. The first-order valence-corrected chi connectivity index (χ1v) is 9.68. The molecule has 1 atom stereocenters. The van der Waals surface area contributed by atoms with Gasteiger partial charge in [0.05, 0.1) is 5.41 Å². The highest BCUT2D eigenvalue weighted by atomic mass is 16.2. The monoisotopic (exact) mass is 327 g/mol. The van der Waals surface area contributed by atoms with Crippen LogP contribution in [0.2, 0.25) is 0 Å². The predicted molar refractivity (Wildman–Crippen MR) is 96.1 cm³/mol. The highest BCUT2D eigenvalue weighted by Crippen LogP contribution is 2.42. The molecule has 0 aromatic carbocycles. The fourth-order valence-corrected chi connectivity index (χ4v) is 4.99. The summed E-state index contributed by atoms with van der Waals surface area (Å²) in [6.07, 6.45) is 9.56. The fraction of sp³-hybridized carbons (Fsp3) is 0.700. The molecular weight excluding hydrogens is 298 g/mol. The van der Waals surface area contributed by atoms with Crippen molar-refractivity contribution in [2.45, 2.75) is 64.3 Å². The van der Waals surface area contributed by atoms with E-state index < -0.39 is 0 Å². The van der Waals surface area contributed by atoms with Crippen molar-refractivity contribution in [2.24, 2.45) is 5.41 Å². The van der Waals surface area contributed by atoms with Crippen molar-refractivity contribution in [3.8, 4) is 0 Å². The SMILES string of the molecule is Cc1cccc(N2CC[C@]3(CCCN(C4CCCCC4)C3=O)C2)n1. The van der Waals surface area contributed by atoms with Gasteiger partial charge in [-0.15, -0.1) is 0 Å². The van der Waals surface area contributed by atoms with E-state index in [1.807, 2.05) is 13.0 Å². The van der Waals surface area contributed by atoms with E-state index in [2.05, 4.69) is 26.9 Å². The minimum atomic E-state index is -0.152. The molecule has 4 rings (SSSR count). The molecule has 1 aromatic rings. The molecule has 0 unspecified atom stereocenters. The highest BCUT2D eigenvalue weighted by molar-refractivity contribution is 5.85. The predicted octanol–water partition coefficient (Wildman–Crippen LogP) is 3.54. The van der Waals surface area contributed by atoms with E-state index in [9.17, 15) is 4.79 Å². The lowest BCUT2D eigenvalue weighted by molar-refractivity contribution is -0.148. The maximum atomic E-state index is 13.4. The van der Waals surface area contributed by atoms with E-state index in [-0.39, 0.29) is 5.41 Å². The summed E-state index contributed by atoms with van der Waals surface area (Å²) in [5.41, 5.74) is 0.897. The lowest BCUT2D eigenvalue weighted by Gasteiger charge is -2.44. The number of pyridine rings is 1. The third kappa shape index (κ3) is 2.80. The molecule has 1 amide bonds. The highest BCUT2D eigenvalue weighted by Gasteiger charge is 2.49. The Morgan fingerprint density at radius 1 is 1.08 bits per heavy atom. The van der Waals surface area contributed by atoms with Crippen molar-refractivity contribution in [3.63, 3.8) is 0 Å². The topological polar surface area (TPSA) is 36.4 Å². The van der Waals surface area contributed by atoms with Gasteiger partial charge in [0, 0.05) is 31.4 Å². The first kappa shape index (κ1) is 15.9. The van der Waals surface area contributed by atoms with Gasteiger partial charge in [0.2, 0.25) is 5.91 Å². The van der Waals surface area contributed by atoms with Crippen LogP contribution in [0, 0.1) is 12.3 Å². The number of hydrogen-bond donors (Lipinski definition) is 0. The lowest BCUT2D eigenvalue weighted by atomic mass is 9.77. The minimum absolute atomic E-state index is 0.152. The number of amides is 1. The number of aryl methyl sites for hydroxylation is 1. The van der Waals surface area contributed by atoms with E-state index in [4.69, 9.17) is 0 Å². The molecule has 0 bridgehead atoms. The van der Waals surface area contributed by atoms with Crippen molar-refractivity contribution in [1.82, 2.24) is 9.88 Å². The van der Waals surface area contributed by atoms with Gasteiger partial charge >= 0.3 is 0 Å². The smallest absolute Gasteiger partial charge is 0.230 e. The molecule has 2 aliphatic heterocycles. The summed E-state index contributed by atoms with van der Waals surface area (Å²) in [6.45, 7) is 4.83. The second-order valence-corrected chi connectivity index (χ2v) is 7.98. The van der Waals surface area contributed by atoms with Gasteiger partial charge in [-0.1, -0.05) is 25.3 Å². The second kappa shape index (κ2) is 6.38. The molecule has 1 aliphatic carbocycles. The summed E-state index contributed by atoms with van der Waals surface area (Å²) in [5.74, 6) is 1.48. The van der Waals surface area contributed by atoms with Gasteiger partial charge in [-0.3, -0.25) is 4.79 Å². The Morgan fingerprint density at radius 3 is 2.71 bits per heavy atom. The van der Waals surface area contributed by atoms with Crippen LogP contribution in [0.4, 0.5) is 5.82 Å². The Bertz CT molecular complexity index is 611. The molecule has 2 saturated heterocycles. The minimum Gasteiger partial charge on any atom is -0.355 e. The number of hydrogen-bond acceptors (Lipinski definition) is 3. The maximum Gasteiger partial charge on any atom is 0.230 e. The van der Waals surface area contributed by atoms with Crippen molar-refractivity contribution >= 4 is 11.7 Å². The van der Waals surface area contributed by atoms with Crippen LogP contribution in [-0.2, 0) is 4.79 Å². The Hall–Kier alpha value is -1.58. The molecule has 130 valence electrons. The van der Waals surface area contributed by atoms with Crippen LogP contribution < -0.4 is 4.90 Å². The van der Waals surface area contributed by atoms with Gasteiger partial charge in [-0.05, 0) is 51.2 Å². The third-order valence-electron chi connectivity index (χ3n) is 6.34. The molecule has 1 spiro atoms. The normalized spacial score (nSPS) is 28.8. The van der Waals surface area contributed by atoms with Gasteiger partial charge in [0.25, 0.3) is 0 Å². The largest absolute Gasteiger partial charge is 0.355 e. The number of anilines is 1. The molecule has 0 radical (unpaired) electrons. The molecule has 3 fully saturated rings. The molecule has 3 heterocycles. The lowest BCUT2D eigenvalue weighted by Crippen LogP contribution is -2.54. The average Bonchev–Trinajstić information content (AvgIpc) is 3.03. The quantitative estimate of drug-likeness (QED) is 0.833. The number of carbonyl (C=O) groups excluding carboxylic acids is 1. The summed E-state index contributed by atoms with van der Waals surface area (Å²) in [5, 5.41) is 0. The van der Waals surface area contributed by atoms with Gasteiger partial charge < -0.3 is 9.80 Å². The molecule has 1 saturated carbocycles. The number of likely N-dealkylation sites (tertiary alicyclic amines) is 1. The van der Waals surface area contributed by atoms with Crippen molar-refractivity contribution in [2.75, 3.05) is 24.5 Å². The summed E-state index contributed by atoms with van der Waals surface area (Å²) in [6, 6.07) is 6.69. The summed E-state index contributed by atoms with van der Waals surface area (Å²) in [4.78, 5) is 22.6. The summed E-state index contributed by atoms with van der Waals surface area (Å²) in [7, 11) is 0. The first-order chi connectivity index (χ1) is 11.7. The molecule has 4 heteroatoms. The number of aromatic nitrogens is 1. The van der Waals surface area contributed by atoms with E-state index in [0.717, 1.165) is 50.4 Å². The van der Waals surface area contributed by atoms with Crippen molar-refractivity contribution in [3.05, 3.63) is 23.9 Å². The van der Waals surface area contributed by atoms with Crippen LogP contribution in [0.1, 0.15) is 57.1 Å². The zero-order valence-electron chi connectivity index (χ0n) is 14.8. The number of rotatable bonds is 2. The van der Waals surface area contributed by atoms with E-state index in [1.54, 1.807) is 0 Å². The number of carbonyl (C=O) groups is 1. The van der Waals surface area contributed by atoms with Crippen molar-refractivity contribution < 1.29 is 4.79 Å². The molecule has 4 nitrogen and oxygen atoms in total. The van der Waals surface area contributed by atoms with Crippen LogP contribution in [0.25, 0.3) is 0 Å². The Labute approximate surface area is 145 Å². The standard InChI is InChI=1S/C20H29N3O/c1-16-7-5-10-18(21-16)22-14-12-20(15-22)11-6-13-23(19(20)24)17-8-3-2-4-9-17/h5,7,10,17H,2-4,6,8-9,11-15H2,1H3/t20-/m1/s1. The van der Waals surface area contributed by atoms with E-state index in [1.165, 1.54) is 32.1 Å². The van der Waals surface area contributed by atoms with Crippen LogP contribution in [0.15, 0.2) is 18.2 Å². The van der Waals surface area contributed by atoms with Gasteiger partial charge in [-0.2, -0.15) is 0 Å². The summed E-state index contributed by atoms with van der Waals surface area (Å²) < 4.78 is 0. The maximum absolute atomic E-state index is 13.4. The van der Waals surface area contributed by atoms with Crippen molar-refractivity contribution in [1.29, 1.82) is 0 Å². The van der Waals surface area contributed by atoms with Gasteiger partial charge in [-0.25, -0.2) is 4.98 Å².